The minimum absolute atomic E-state index is 0.0476. The van der Waals surface area contributed by atoms with E-state index in [1.807, 2.05) is 0 Å². The highest BCUT2D eigenvalue weighted by Gasteiger charge is 2.25. The maximum atomic E-state index is 12.8. The maximum absolute atomic E-state index is 12.8. The van der Waals surface area contributed by atoms with Crippen LogP contribution in [0.25, 0.3) is 0 Å². The van der Waals surface area contributed by atoms with E-state index < -0.39 is 29.9 Å². The fourth-order valence-corrected chi connectivity index (χ4v) is 2.68. The molecule has 0 saturated heterocycles. The van der Waals surface area contributed by atoms with Gasteiger partial charge in [-0.3, -0.25) is 24.6 Å². The molecule has 0 aliphatic rings. The van der Waals surface area contributed by atoms with Crippen LogP contribution in [0.1, 0.15) is 38.5 Å². The number of hydrogen-bond donors (Lipinski definition) is 9. The zero-order valence-electron chi connectivity index (χ0n) is 18.8. The van der Waals surface area contributed by atoms with E-state index in [0.717, 1.165) is 0 Å². The third-order valence-corrected chi connectivity index (χ3v) is 4.34. The molecular weight excluding hydrogens is 432 g/mol. The standard InChI is InChI=1S/C18H38N12O3/c19-12(5-2-8-27-17(22)23)14(32)30-13(6-3-9-28-18(24)25)15(33)29-11(10-31)4-1-7-26-16(20)21/h10-13H,1-9,19H2,(H,29,33)(H,30,32)(H4,20,21,26)(H4,22,23,27)(H4,24,25,28)/t11-,12-,13-/m0/s1. The number of hydrogen-bond acceptors (Lipinski definition) is 7. The van der Waals surface area contributed by atoms with E-state index >= 15 is 0 Å². The van der Waals surface area contributed by atoms with E-state index in [0.29, 0.717) is 51.5 Å². The predicted octanol–water partition coefficient (Wildman–Crippen LogP) is -4.36. The second kappa shape index (κ2) is 17.0. The van der Waals surface area contributed by atoms with Crippen molar-refractivity contribution in [2.75, 3.05) is 19.6 Å². The molecule has 33 heavy (non-hydrogen) atoms. The van der Waals surface area contributed by atoms with Crippen LogP contribution in [0.2, 0.25) is 0 Å². The molecule has 0 aliphatic heterocycles. The molecule has 16 N–H and O–H groups in total. The van der Waals surface area contributed by atoms with Crippen LogP contribution in [-0.2, 0) is 14.4 Å². The molecule has 0 unspecified atom stereocenters. The van der Waals surface area contributed by atoms with Crippen molar-refractivity contribution in [2.45, 2.75) is 56.7 Å². The summed E-state index contributed by atoms with van der Waals surface area (Å²) in [5, 5.41) is 5.23. The summed E-state index contributed by atoms with van der Waals surface area (Å²) >= 11 is 0. The lowest BCUT2D eigenvalue weighted by molar-refractivity contribution is -0.130. The van der Waals surface area contributed by atoms with Crippen LogP contribution in [0, 0.1) is 0 Å². The molecule has 0 aromatic rings. The quantitative estimate of drug-likeness (QED) is 0.0425. The van der Waals surface area contributed by atoms with Crippen LogP contribution in [0.5, 0.6) is 0 Å². The van der Waals surface area contributed by atoms with Gasteiger partial charge in [0.2, 0.25) is 11.8 Å². The number of carbonyl (C=O) groups is 3. The fourth-order valence-electron chi connectivity index (χ4n) is 2.68. The second-order valence-electron chi connectivity index (χ2n) is 7.27. The third-order valence-electron chi connectivity index (χ3n) is 4.34. The molecule has 3 atom stereocenters. The summed E-state index contributed by atoms with van der Waals surface area (Å²) < 4.78 is 0. The number of aliphatic imine (C=N–C) groups is 3. The van der Waals surface area contributed by atoms with E-state index in [4.69, 9.17) is 40.1 Å². The van der Waals surface area contributed by atoms with E-state index in [9.17, 15) is 14.4 Å². The van der Waals surface area contributed by atoms with Crippen LogP contribution in [0.3, 0.4) is 0 Å². The first-order valence-electron chi connectivity index (χ1n) is 10.5. The number of aldehydes is 1. The minimum atomic E-state index is -0.935. The molecule has 0 aromatic carbocycles. The van der Waals surface area contributed by atoms with Gasteiger partial charge in [-0.25, -0.2) is 0 Å². The summed E-state index contributed by atoms with van der Waals surface area (Å²) in [4.78, 5) is 48.1. The second-order valence-corrected chi connectivity index (χ2v) is 7.27. The van der Waals surface area contributed by atoms with Crippen molar-refractivity contribution in [1.29, 1.82) is 0 Å². The Balaban J connectivity index is 4.96. The first-order valence-corrected chi connectivity index (χ1v) is 10.5. The van der Waals surface area contributed by atoms with E-state index in [-0.39, 0.29) is 30.8 Å². The minimum Gasteiger partial charge on any atom is -0.370 e. The lowest BCUT2D eigenvalue weighted by Crippen LogP contribution is -2.53. The number of nitrogens with two attached hydrogens (primary N) is 7. The lowest BCUT2D eigenvalue weighted by Gasteiger charge is -2.22. The zero-order chi connectivity index (χ0) is 25.2. The van der Waals surface area contributed by atoms with E-state index in [2.05, 4.69) is 25.6 Å². The summed E-state index contributed by atoms with van der Waals surface area (Å²) in [5.41, 5.74) is 37.5. The Morgan fingerprint density at radius 1 is 0.697 bits per heavy atom. The van der Waals surface area contributed by atoms with Crippen molar-refractivity contribution in [2.24, 2.45) is 55.1 Å². The summed E-state index contributed by atoms with van der Waals surface area (Å²) in [7, 11) is 0. The van der Waals surface area contributed by atoms with Crippen LogP contribution < -0.4 is 50.8 Å². The van der Waals surface area contributed by atoms with Gasteiger partial charge in [-0.05, 0) is 38.5 Å². The van der Waals surface area contributed by atoms with Gasteiger partial charge in [0.15, 0.2) is 17.9 Å². The van der Waals surface area contributed by atoms with Gasteiger partial charge in [-0.2, -0.15) is 0 Å². The average molecular weight is 471 g/mol. The third kappa shape index (κ3) is 15.8. The Morgan fingerprint density at radius 2 is 1.15 bits per heavy atom. The van der Waals surface area contributed by atoms with Gasteiger partial charge in [0.1, 0.15) is 12.3 Å². The number of carbonyl (C=O) groups excluding carboxylic acids is 3. The Bertz CT molecular complexity index is 698. The largest absolute Gasteiger partial charge is 0.370 e. The summed E-state index contributed by atoms with van der Waals surface area (Å²) in [6.07, 6.45) is 2.85. The van der Waals surface area contributed by atoms with Crippen LogP contribution in [-0.4, -0.2) is 73.7 Å². The average Bonchev–Trinajstić information content (AvgIpc) is 2.74. The van der Waals surface area contributed by atoms with Crippen molar-refractivity contribution in [3.63, 3.8) is 0 Å². The Kier molecular flexibility index (Phi) is 15.1. The van der Waals surface area contributed by atoms with Gasteiger partial charge in [0.05, 0.1) is 12.1 Å². The topological polar surface area (TPSA) is 294 Å². The molecule has 0 fully saturated rings. The number of guanidine groups is 3. The Hall–Kier alpha value is -3.62. The van der Waals surface area contributed by atoms with Gasteiger partial charge in [0.25, 0.3) is 0 Å². The first-order chi connectivity index (χ1) is 15.6. The maximum Gasteiger partial charge on any atom is 0.243 e. The molecular formula is C18H38N12O3. The molecule has 15 nitrogen and oxygen atoms in total. The molecule has 188 valence electrons. The molecule has 0 spiro atoms. The highest BCUT2D eigenvalue weighted by atomic mass is 16.2. The molecule has 15 heteroatoms. The van der Waals surface area contributed by atoms with Crippen molar-refractivity contribution in [3.05, 3.63) is 0 Å². The first kappa shape index (κ1) is 29.4. The normalized spacial score (nSPS) is 13.0. The van der Waals surface area contributed by atoms with Crippen LogP contribution >= 0.6 is 0 Å². The number of nitrogens with one attached hydrogen (secondary N) is 2. The molecule has 0 saturated carbocycles. The van der Waals surface area contributed by atoms with Crippen LogP contribution in [0.4, 0.5) is 0 Å². The fraction of sp³-hybridized carbons (Fsp3) is 0.667. The molecule has 0 aromatic heterocycles. The van der Waals surface area contributed by atoms with Crippen molar-refractivity contribution < 1.29 is 14.4 Å². The van der Waals surface area contributed by atoms with Gasteiger partial charge >= 0.3 is 0 Å². The van der Waals surface area contributed by atoms with Crippen molar-refractivity contribution in [3.8, 4) is 0 Å². The SMILES string of the molecule is NC(N)=NCCC[C@@H](C=O)NC(=O)[C@H](CCCN=C(N)N)NC(=O)[C@@H](N)CCCN=C(N)N. The smallest absolute Gasteiger partial charge is 0.243 e. The van der Waals surface area contributed by atoms with Gasteiger partial charge in [0, 0.05) is 19.6 Å². The number of amides is 2. The van der Waals surface area contributed by atoms with Gasteiger partial charge < -0.3 is 55.6 Å². The Labute approximate surface area is 193 Å². The lowest BCUT2D eigenvalue weighted by atomic mass is 10.1. The van der Waals surface area contributed by atoms with Gasteiger partial charge in [-0.1, -0.05) is 0 Å². The molecule has 0 bridgehead atoms. The Morgan fingerprint density at radius 3 is 1.61 bits per heavy atom. The van der Waals surface area contributed by atoms with Crippen LogP contribution in [0.15, 0.2) is 15.0 Å². The van der Waals surface area contributed by atoms with E-state index in [1.54, 1.807) is 0 Å². The highest BCUT2D eigenvalue weighted by molar-refractivity contribution is 5.90. The van der Waals surface area contributed by atoms with Gasteiger partial charge in [-0.15, -0.1) is 0 Å². The summed E-state index contributed by atoms with van der Waals surface area (Å²) in [5.74, 6) is -1.23. The predicted molar refractivity (Wildman–Crippen MR) is 128 cm³/mol. The highest BCUT2D eigenvalue weighted by Crippen LogP contribution is 2.04. The number of nitrogens with zero attached hydrogens (tertiary/aromatic N) is 3. The molecule has 0 rings (SSSR count). The molecule has 0 aliphatic carbocycles. The molecule has 0 heterocycles. The summed E-state index contributed by atoms with van der Waals surface area (Å²) in [6, 6.07) is -2.57. The number of rotatable bonds is 17. The molecule has 0 radical (unpaired) electrons. The van der Waals surface area contributed by atoms with Crippen molar-refractivity contribution >= 4 is 36.0 Å². The molecule has 2 amide bonds. The van der Waals surface area contributed by atoms with Crippen molar-refractivity contribution in [1.82, 2.24) is 10.6 Å². The monoisotopic (exact) mass is 470 g/mol. The summed E-state index contributed by atoms with van der Waals surface area (Å²) in [6.45, 7) is 0.907. The van der Waals surface area contributed by atoms with E-state index in [1.165, 1.54) is 0 Å². The zero-order valence-corrected chi connectivity index (χ0v) is 18.8.